The van der Waals surface area contributed by atoms with Gasteiger partial charge in [-0.1, -0.05) is 30.3 Å². The van der Waals surface area contributed by atoms with Gasteiger partial charge in [-0.2, -0.15) is 5.10 Å². The van der Waals surface area contributed by atoms with Crippen molar-refractivity contribution < 1.29 is 4.74 Å². The lowest BCUT2D eigenvalue weighted by atomic mass is 10.1. The Kier molecular flexibility index (Phi) is 4.36. The van der Waals surface area contributed by atoms with Crippen LogP contribution < -0.4 is 0 Å². The summed E-state index contributed by atoms with van der Waals surface area (Å²) in [4.78, 5) is 2.46. The highest BCUT2D eigenvalue weighted by atomic mass is 16.5. The molecule has 1 fully saturated rings. The molecule has 1 aromatic heterocycles. The third-order valence-electron chi connectivity index (χ3n) is 3.88. The number of benzene rings is 1. The predicted molar refractivity (Wildman–Crippen MR) is 84.1 cm³/mol. The van der Waals surface area contributed by atoms with Gasteiger partial charge in [0.25, 0.3) is 0 Å². The van der Waals surface area contributed by atoms with Crippen molar-refractivity contribution >= 4 is 0 Å². The first-order valence-electron chi connectivity index (χ1n) is 7.66. The van der Waals surface area contributed by atoms with Crippen molar-refractivity contribution in [2.24, 2.45) is 0 Å². The Morgan fingerprint density at radius 2 is 1.76 bits per heavy atom. The van der Waals surface area contributed by atoms with Crippen LogP contribution in [0.2, 0.25) is 0 Å². The summed E-state index contributed by atoms with van der Waals surface area (Å²) in [7, 11) is 0. The van der Waals surface area contributed by atoms with Crippen molar-refractivity contribution in [3.05, 3.63) is 42.7 Å². The van der Waals surface area contributed by atoms with Crippen molar-refractivity contribution in [3.63, 3.8) is 0 Å². The molecule has 21 heavy (non-hydrogen) atoms. The average molecular weight is 285 g/mol. The fraction of sp³-hybridized carbons (Fsp3) is 0.471. The second-order valence-electron chi connectivity index (χ2n) is 5.88. The summed E-state index contributed by atoms with van der Waals surface area (Å²) in [5.74, 6) is 0. The zero-order chi connectivity index (χ0) is 14.7. The molecule has 1 aliphatic heterocycles. The largest absolute Gasteiger partial charge is 0.373 e. The molecule has 0 bridgehead atoms. The average Bonchev–Trinajstić information content (AvgIpc) is 2.94. The highest BCUT2D eigenvalue weighted by molar-refractivity contribution is 5.61. The predicted octanol–water partition coefficient (Wildman–Crippen LogP) is 2.66. The van der Waals surface area contributed by atoms with E-state index in [0.29, 0.717) is 12.2 Å². The van der Waals surface area contributed by atoms with Gasteiger partial charge in [-0.15, -0.1) is 0 Å². The molecule has 4 heteroatoms. The van der Waals surface area contributed by atoms with Crippen LogP contribution in [0.25, 0.3) is 11.1 Å². The van der Waals surface area contributed by atoms with E-state index in [1.807, 2.05) is 16.9 Å². The van der Waals surface area contributed by atoms with E-state index in [9.17, 15) is 0 Å². The molecule has 0 unspecified atom stereocenters. The van der Waals surface area contributed by atoms with Crippen molar-refractivity contribution in [2.45, 2.75) is 32.6 Å². The smallest absolute Gasteiger partial charge is 0.0678 e. The van der Waals surface area contributed by atoms with Gasteiger partial charge < -0.3 is 4.74 Å². The molecule has 1 aliphatic rings. The molecule has 0 N–H and O–H groups in total. The zero-order valence-electron chi connectivity index (χ0n) is 12.8. The maximum Gasteiger partial charge on any atom is 0.0678 e. The van der Waals surface area contributed by atoms with E-state index in [1.54, 1.807) is 0 Å². The SMILES string of the molecule is C[C@H]1CN(CCn2cc(-c3ccccc3)cn2)C[C@H](C)O1. The Morgan fingerprint density at radius 1 is 1.05 bits per heavy atom. The first kappa shape index (κ1) is 14.3. The first-order chi connectivity index (χ1) is 10.2. The fourth-order valence-electron chi connectivity index (χ4n) is 2.98. The van der Waals surface area contributed by atoms with Gasteiger partial charge in [-0.25, -0.2) is 0 Å². The van der Waals surface area contributed by atoms with Crippen LogP contribution in [0.3, 0.4) is 0 Å². The summed E-state index contributed by atoms with van der Waals surface area (Å²) < 4.78 is 7.80. The van der Waals surface area contributed by atoms with E-state index in [0.717, 1.165) is 26.2 Å². The first-order valence-corrected chi connectivity index (χ1v) is 7.66. The molecule has 0 amide bonds. The van der Waals surface area contributed by atoms with Crippen LogP contribution in [0.1, 0.15) is 13.8 Å². The zero-order valence-corrected chi connectivity index (χ0v) is 12.8. The highest BCUT2D eigenvalue weighted by Gasteiger charge is 2.21. The highest BCUT2D eigenvalue weighted by Crippen LogP contribution is 2.17. The normalized spacial score (nSPS) is 23.3. The quantitative estimate of drug-likeness (QED) is 0.865. The van der Waals surface area contributed by atoms with Gasteiger partial charge in [-0.3, -0.25) is 9.58 Å². The number of nitrogens with zero attached hydrogens (tertiary/aromatic N) is 3. The van der Waals surface area contributed by atoms with Crippen LogP contribution in [0.4, 0.5) is 0 Å². The summed E-state index contributed by atoms with van der Waals surface area (Å²) in [6, 6.07) is 10.4. The summed E-state index contributed by atoms with van der Waals surface area (Å²) in [5.41, 5.74) is 2.40. The minimum atomic E-state index is 0.325. The number of ether oxygens (including phenoxy) is 1. The van der Waals surface area contributed by atoms with Crippen LogP contribution in [0.15, 0.2) is 42.7 Å². The molecule has 0 saturated carbocycles. The minimum Gasteiger partial charge on any atom is -0.373 e. The summed E-state index contributed by atoms with van der Waals surface area (Å²) in [6.07, 6.45) is 4.72. The maximum atomic E-state index is 5.77. The lowest BCUT2D eigenvalue weighted by Gasteiger charge is -2.35. The van der Waals surface area contributed by atoms with E-state index in [1.165, 1.54) is 11.1 Å². The van der Waals surface area contributed by atoms with Gasteiger partial charge in [0.2, 0.25) is 0 Å². The fourth-order valence-corrected chi connectivity index (χ4v) is 2.98. The number of aromatic nitrogens is 2. The molecule has 112 valence electrons. The van der Waals surface area contributed by atoms with Crippen molar-refractivity contribution in [1.29, 1.82) is 0 Å². The Labute approximate surface area is 126 Å². The molecular weight excluding hydrogens is 262 g/mol. The number of morpholine rings is 1. The molecule has 2 heterocycles. The number of hydrogen-bond acceptors (Lipinski definition) is 3. The monoisotopic (exact) mass is 285 g/mol. The van der Waals surface area contributed by atoms with Crippen molar-refractivity contribution in [1.82, 2.24) is 14.7 Å². The van der Waals surface area contributed by atoms with Gasteiger partial charge in [-0.05, 0) is 19.4 Å². The Hall–Kier alpha value is -1.65. The second-order valence-corrected chi connectivity index (χ2v) is 5.88. The summed E-state index contributed by atoms with van der Waals surface area (Å²) in [5, 5.41) is 4.47. The van der Waals surface area contributed by atoms with E-state index in [4.69, 9.17) is 4.74 Å². The molecule has 4 nitrogen and oxygen atoms in total. The molecule has 2 aromatic rings. The van der Waals surface area contributed by atoms with Gasteiger partial charge in [0.15, 0.2) is 0 Å². The van der Waals surface area contributed by atoms with Crippen LogP contribution in [-0.2, 0) is 11.3 Å². The molecular formula is C17H23N3O. The standard InChI is InChI=1S/C17H23N3O/c1-14-11-19(12-15(2)21-14)8-9-20-13-17(10-18-20)16-6-4-3-5-7-16/h3-7,10,13-15H,8-9,11-12H2,1-2H3/t14-,15-/m0/s1. The number of hydrogen-bond donors (Lipinski definition) is 0. The molecule has 0 radical (unpaired) electrons. The van der Waals surface area contributed by atoms with Crippen molar-refractivity contribution in [3.8, 4) is 11.1 Å². The van der Waals surface area contributed by atoms with Crippen molar-refractivity contribution in [2.75, 3.05) is 19.6 Å². The third kappa shape index (κ3) is 3.71. The van der Waals surface area contributed by atoms with E-state index in [-0.39, 0.29) is 0 Å². The second kappa shape index (κ2) is 6.41. The van der Waals surface area contributed by atoms with E-state index < -0.39 is 0 Å². The Bertz CT molecular complexity index is 556. The Morgan fingerprint density at radius 3 is 2.48 bits per heavy atom. The van der Waals surface area contributed by atoms with Crippen LogP contribution in [-0.4, -0.2) is 46.5 Å². The lowest BCUT2D eigenvalue weighted by Crippen LogP contribution is -2.46. The summed E-state index contributed by atoms with van der Waals surface area (Å²) in [6.45, 7) is 8.25. The molecule has 0 spiro atoms. The minimum absolute atomic E-state index is 0.325. The van der Waals surface area contributed by atoms with Crippen LogP contribution >= 0.6 is 0 Å². The number of rotatable bonds is 4. The Balaban J connectivity index is 1.58. The topological polar surface area (TPSA) is 30.3 Å². The van der Waals surface area contributed by atoms with Gasteiger partial charge in [0.05, 0.1) is 24.9 Å². The van der Waals surface area contributed by atoms with Gasteiger partial charge in [0.1, 0.15) is 0 Å². The molecule has 0 aliphatic carbocycles. The van der Waals surface area contributed by atoms with E-state index >= 15 is 0 Å². The maximum absolute atomic E-state index is 5.77. The lowest BCUT2D eigenvalue weighted by molar-refractivity contribution is -0.0687. The van der Waals surface area contributed by atoms with Gasteiger partial charge in [0, 0.05) is 31.4 Å². The molecule has 1 saturated heterocycles. The molecule has 2 atom stereocenters. The molecule has 3 rings (SSSR count). The molecule has 1 aromatic carbocycles. The van der Waals surface area contributed by atoms with E-state index in [2.05, 4.69) is 54.3 Å². The van der Waals surface area contributed by atoms with Crippen LogP contribution in [0, 0.1) is 0 Å². The van der Waals surface area contributed by atoms with Crippen LogP contribution in [0.5, 0.6) is 0 Å². The van der Waals surface area contributed by atoms with Gasteiger partial charge >= 0.3 is 0 Å². The summed E-state index contributed by atoms with van der Waals surface area (Å²) >= 11 is 0. The third-order valence-corrected chi connectivity index (χ3v) is 3.88.